The molecule has 2 heterocycles. The molecule has 1 unspecified atom stereocenters. The standard InChI is InChI=1S/C27H39N3O4S/c1-20(2)26(31)29(18-25-13-8-14-34-25)17-24-16-28-27(30(24)23-11-5-4-6-12-23)35(32,33)19-22-10-7-9-21(3)15-22/h7,9-10,15-16,20,23,25H,4-6,8,11-14,17-19H2,1-3H3. The van der Waals surface area contributed by atoms with Crippen LogP contribution in [0.3, 0.4) is 0 Å². The van der Waals surface area contributed by atoms with Gasteiger partial charge in [-0.3, -0.25) is 4.79 Å². The Morgan fingerprint density at radius 3 is 2.60 bits per heavy atom. The summed E-state index contributed by atoms with van der Waals surface area (Å²) in [4.78, 5) is 19.4. The third-order valence-corrected chi connectivity index (χ3v) is 8.67. The maximum atomic E-state index is 13.6. The number of carbonyl (C=O) groups excluding carboxylic acids is 1. The lowest BCUT2D eigenvalue weighted by atomic mass is 9.95. The van der Waals surface area contributed by atoms with Crippen molar-refractivity contribution in [1.82, 2.24) is 14.5 Å². The van der Waals surface area contributed by atoms with Crippen molar-refractivity contribution in [2.45, 2.75) is 95.3 Å². The first-order valence-electron chi connectivity index (χ1n) is 13.0. The SMILES string of the molecule is Cc1cccc(CS(=O)(=O)c2ncc(CN(CC3CCCO3)C(=O)C(C)C)n2C2CCCCC2)c1. The number of rotatable bonds is 9. The van der Waals surface area contributed by atoms with Gasteiger partial charge in [-0.15, -0.1) is 0 Å². The summed E-state index contributed by atoms with van der Waals surface area (Å²) in [6.07, 6.45) is 8.84. The van der Waals surface area contributed by atoms with E-state index in [1.807, 2.05) is 54.5 Å². The van der Waals surface area contributed by atoms with Gasteiger partial charge in [0.15, 0.2) is 0 Å². The number of nitrogens with zero attached hydrogens (tertiary/aromatic N) is 3. The first-order valence-corrected chi connectivity index (χ1v) is 14.6. The summed E-state index contributed by atoms with van der Waals surface area (Å²) in [5.41, 5.74) is 2.59. The quantitative estimate of drug-likeness (QED) is 0.491. The summed E-state index contributed by atoms with van der Waals surface area (Å²) in [7, 11) is -3.66. The number of hydrogen-bond donors (Lipinski definition) is 0. The molecule has 1 atom stereocenters. The average Bonchev–Trinajstić information content (AvgIpc) is 3.49. The van der Waals surface area contributed by atoms with Crippen LogP contribution in [0, 0.1) is 12.8 Å². The maximum Gasteiger partial charge on any atom is 0.228 e. The fourth-order valence-corrected chi connectivity index (χ4v) is 6.89. The molecule has 1 saturated heterocycles. The molecule has 1 aliphatic carbocycles. The Kier molecular flexibility index (Phi) is 8.32. The van der Waals surface area contributed by atoms with Crippen LogP contribution >= 0.6 is 0 Å². The number of sulfone groups is 1. The lowest BCUT2D eigenvalue weighted by molar-refractivity contribution is -0.136. The zero-order valence-corrected chi connectivity index (χ0v) is 22.1. The Morgan fingerprint density at radius 2 is 1.94 bits per heavy atom. The van der Waals surface area contributed by atoms with Gasteiger partial charge in [0.1, 0.15) is 0 Å². The highest BCUT2D eigenvalue weighted by Gasteiger charge is 2.31. The molecule has 1 amide bonds. The smallest absolute Gasteiger partial charge is 0.228 e. The van der Waals surface area contributed by atoms with Crippen LogP contribution in [-0.4, -0.2) is 48.0 Å². The van der Waals surface area contributed by atoms with Crippen LogP contribution < -0.4 is 0 Å². The first kappa shape index (κ1) is 25.9. The van der Waals surface area contributed by atoms with Gasteiger partial charge in [-0.2, -0.15) is 0 Å². The number of aryl methyl sites for hydroxylation is 1. The number of hydrogen-bond acceptors (Lipinski definition) is 5. The van der Waals surface area contributed by atoms with Crippen molar-refractivity contribution in [2.75, 3.05) is 13.2 Å². The molecular formula is C27H39N3O4S. The van der Waals surface area contributed by atoms with Crippen LogP contribution in [0.25, 0.3) is 0 Å². The van der Waals surface area contributed by atoms with Gasteiger partial charge in [0.25, 0.3) is 0 Å². The molecule has 1 aromatic carbocycles. The van der Waals surface area contributed by atoms with Crippen molar-refractivity contribution in [3.8, 4) is 0 Å². The topological polar surface area (TPSA) is 81.5 Å². The van der Waals surface area contributed by atoms with Crippen LogP contribution in [0.2, 0.25) is 0 Å². The molecule has 7 nitrogen and oxygen atoms in total. The summed E-state index contributed by atoms with van der Waals surface area (Å²) < 4.78 is 35.0. The molecular weight excluding hydrogens is 462 g/mol. The van der Waals surface area contributed by atoms with Crippen LogP contribution in [0.1, 0.15) is 81.7 Å². The molecule has 0 bridgehead atoms. The number of amides is 1. The lowest BCUT2D eigenvalue weighted by Gasteiger charge is -2.30. The third kappa shape index (κ3) is 6.33. The van der Waals surface area contributed by atoms with E-state index in [4.69, 9.17) is 4.74 Å². The Bertz CT molecular complexity index is 1110. The van der Waals surface area contributed by atoms with E-state index in [1.54, 1.807) is 6.20 Å². The molecule has 1 aromatic heterocycles. The van der Waals surface area contributed by atoms with Gasteiger partial charge >= 0.3 is 0 Å². The van der Waals surface area contributed by atoms with Gasteiger partial charge in [-0.1, -0.05) is 62.9 Å². The fraction of sp³-hybridized carbons (Fsp3) is 0.630. The Balaban J connectivity index is 1.67. The highest BCUT2D eigenvalue weighted by Crippen LogP contribution is 2.33. The third-order valence-electron chi connectivity index (χ3n) is 7.10. The molecule has 0 spiro atoms. The van der Waals surface area contributed by atoms with Gasteiger partial charge < -0.3 is 14.2 Å². The Hall–Kier alpha value is -2.19. The average molecular weight is 502 g/mol. The fourth-order valence-electron chi connectivity index (χ4n) is 5.37. The van der Waals surface area contributed by atoms with E-state index in [1.165, 1.54) is 6.42 Å². The monoisotopic (exact) mass is 501 g/mol. The van der Waals surface area contributed by atoms with Crippen LogP contribution in [0.5, 0.6) is 0 Å². The van der Waals surface area contributed by atoms with Gasteiger partial charge in [-0.05, 0) is 38.2 Å². The van der Waals surface area contributed by atoms with Gasteiger partial charge in [0.2, 0.25) is 20.9 Å². The molecule has 2 aromatic rings. The minimum absolute atomic E-state index is 0.0354. The van der Waals surface area contributed by atoms with Gasteiger partial charge in [0, 0.05) is 25.1 Å². The van der Waals surface area contributed by atoms with Crippen molar-refractivity contribution in [1.29, 1.82) is 0 Å². The molecule has 8 heteroatoms. The van der Waals surface area contributed by atoms with Crippen molar-refractivity contribution < 1.29 is 17.9 Å². The summed E-state index contributed by atoms with van der Waals surface area (Å²) in [6, 6.07) is 7.70. The van der Waals surface area contributed by atoms with Gasteiger partial charge in [-0.25, -0.2) is 13.4 Å². The van der Waals surface area contributed by atoms with E-state index in [0.717, 1.165) is 62.0 Å². The van der Waals surface area contributed by atoms with E-state index in [9.17, 15) is 13.2 Å². The van der Waals surface area contributed by atoms with E-state index in [-0.39, 0.29) is 34.9 Å². The molecule has 4 rings (SSSR count). The predicted octanol–water partition coefficient (Wildman–Crippen LogP) is 4.83. The number of aromatic nitrogens is 2. The van der Waals surface area contributed by atoms with Crippen molar-refractivity contribution in [2.24, 2.45) is 5.92 Å². The van der Waals surface area contributed by atoms with E-state index in [0.29, 0.717) is 13.1 Å². The predicted molar refractivity (Wildman–Crippen MR) is 136 cm³/mol. The van der Waals surface area contributed by atoms with Crippen LogP contribution in [0.4, 0.5) is 0 Å². The second-order valence-electron chi connectivity index (χ2n) is 10.5. The number of ether oxygens (including phenoxy) is 1. The van der Waals surface area contributed by atoms with Crippen molar-refractivity contribution in [3.63, 3.8) is 0 Å². The number of imidazole rings is 1. The second-order valence-corrected chi connectivity index (χ2v) is 12.3. The number of carbonyl (C=O) groups is 1. The number of benzene rings is 1. The zero-order valence-electron chi connectivity index (χ0n) is 21.3. The Labute approximate surface area is 209 Å². The molecule has 0 radical (unpaired) electrons. The van der Waals surface area contributed by atoms with Crippen molar-refractivity contribution >= 4 is 15.7 Å². The van der Waals surface area contributed by atoms with Crippen LogP contribution in [-0.2, 0) is 31.7 Å². The Morgan fingerprint density at radius 1 is 1.17 bits per heavy atom. The van der Waals surface area contributed by atoms with Crippen LogP contribution in [0.15, 0.2) is 35.6 Å². The second kappa shape index (κ2) is 11.2. The zero-order chi connectivity index (χ0) is 25.0. The minimum Gasteiger partial charge on any atom is -0.376 e. The molecule has 192 valence electrons. The van der Waals surface area contributed by atoms with Gasteiger partial charge in [0.05, 0.1) is 30.3 Å². The molecule has 2 fully saturated rings. The minimum atomic E-state index is -3.66. The first-order chi connectivity index (χ1) is 16.7. The highest BCUT2D eigenvalue weighted by atomic mass is 32.2. The highest BCUT2D eigenvalue weighted by molar-refractivity contribution is 7.90. The summed E-state index contributed by atoms with van der Waals surface area (Å²) in [5, 5.41) is 0.134. The summed E-state index contributed by atoms with van der Waals surface area (Å²) >= 11 is 0. The maximum absolute atomic E-state index is 13.6. The van der Waals surface area contributed by atoms with Crippen molar-refractivity contribution in [3.05, 3.63) is 47.3 Å². The van der Waals surface area contributed by atoms with E-state index in [2.05, 4.69) is 4.98 Å². The molecule has 2 aliphatic rings. The largest absolute Gasteiger partial charge is 0.376 e. The molecule has 35 heavy (non-hydrogen) atoms. The van der Waals surface area contributed by atoms with E-state index >= 15 is 0 Å². The summed E-state index contributed by atoms with van der Waals surface area (Å²) in [6.45, 7) is 7.38. The lowest BCUT2D eigenvalue weighted by Crippen LogP contribution is -2.40. The van der Waals surface area contributed by atoms with E-state index < -0.39 is 9.84 Å². The molecule has 1 saturated carbocycles. The molecule has 1 aliphatic heterocycles. The summed E-state index contributed by atoms with van der Waals surface area (Å²) in [5.74, 6) is -0.171. The molecule has 0 N–H and O–H groups in total. The normalized spacial score (nSPS) is 19.4.